The van der Waals surface area contributed by atoms with Gasteiger partial charge in [-0.1, -0.05) is 24.3 Å². The lowest BCUT2D eigenvalue weighted by Gasteiger charge is -2.24. The average Bonchev–Trinajstić information content (AvgIpc) is 2.69. The van der Waals surface area contributed by atoms with E-state index in [0.29, 0.717) is 18.9 Å². The number of carbonyl (C=O) groups excluding carboxylic acids is 1. The maximum atomic E-state index is 11.9. The van der Waals surface area contributed by atoms with E-state index in [0.717, 1.165) is 17.5 Å². The predicted molar refractivity (Wildman–Crippen MR) is 112 cm³/mol. The molecule has 2 atom stereocenters. The molecule has 0 radical (unpaired) electrons. The maximum absolute atomic E-state index is 11.9. The van der Waals surface area contributed by atoms with E-state index in [4.69, 9.17) is 9.47 Å². The van der Waals surface area contributed by atoms with Crippen LogP contribution in [0.1, 0.15) is 44.9 Å². The molecule has 6 nitrogen and oxygen atoms in total. The van der Waals surface area contributed by atoms with Crippen LogP contribution in [0.4, 0.5) is 0 Å². The van der Waals surface area contributed by atoms with E-state index in [1.807, 2.05) is 31.2 Å². The van der Waals surface area contributed by atoms with Crippen molar-refractivity contribution in [3.05, 3.63) is 59.7 Å². The highest BCUT2D eigenvalue weighted by Crippen LogP contribution is 2.21. The molecule has 29 heavy (non-hydrogen) atoms. The number of rotatable bonds is 10. The van der Waals surface area contributed by atoms with Crippen molar-refractivity contribution in [2.24, 2.45) is 0 Å². The van der Waals surface area contributed by atoms with Crippen molar-refractivity contribution in [1.29, 1.82) is 0 Å². The van der Waals surface area contributed by atoms with Crippen LogP contribution in [0.5, 0.6) is 11.5 Å². The van der Waals surface area contributed by atoms with Gasteiger partial charge in [-0.05, 0) is 76.1 Å². The van der Waals surface area contributed by atoms with E-state index in [9.17, 15) is 15.0 Å². The Kier molecular flexibility index (Phi) is 8.05. The Labute approximate surface area is 172 Å². The first kappa shape index (κ1) is 22.7. The molecule has 0 aliphatic heterocycles. The number of aliphatic hydroxyl groups is 1. The zero-order valence-corrected chi connectivity index (χ0v) is 17.5. The van der Waals surface area contributed by atoms with Crippen LogP contribution in [0.25, 0.3) is 0 Å². The number of nitrogens with one attached hydrogen (secondary N) is 1. The molecule has 0 fully saturated rings. The highest BCUT2D eigenvalue weighted by atomic mass is 16.6. The smallest absolute Gasteiger partial charge is 0.349 e. The molecule has 0 saturated carbocycles. The summed E-state index contributed by atoms with van der Waals surface area (Å²) in [6, 6.07) is 14.0. The fraction of sp³-hybridized carbons (Fsp3) is 0.435. The maximum Gasteiger partial charge on any atom is 0.349 e. The molecule has 3 N–H and O–H groups in total. The molecule has 0 unspecified atom stereocenters. The van der Waals surface area contributed by atoms with Crippen molar-refractivity contribution in [3.8, 4) is 11.5 Å². The number of benzene rings is 2. The summed E-state index contributed by atoms with van der Waals surface area (Å²) in [5.74, 6) is 0.393. The van der Waals surface area contributed by atoms with Crippen LogP contribution >= 0.6 is 0 Å². The van der Waals surface area contributed by atoms with Gasteiger partial charge in [0, 0.05) is 6.04 Å². The Morgan fingerprint density at radius 3 is 2.31 bits per heavy atom. The van der Waals surface area contributed by atoms with Gasteiger partial charge in [-0.15, -0.1) is 0 Å². The van der Waals surface area contributed by atoms with E-state index in [2.05, 4.69) is 5.32 Å². The van der Waals surface area contributed by atoms with Crippen LogP contribution in [0.2, 0.25) is 0 Å². The van der Waals surface area contributed by atoms with E-state index in [1.165, 1.54) is 0 Å². The molecule has 0 bridgehead atoms. The lowest BCUT2D eigenvalue weighted by molar-refractivity contribution is -0.158. The summed E-state index contributed by atoms with van der Waals surface area (Å²) in [5, 5.41) is 23.1. The average molecular weight is 402 g/mol. The lowest BCUT2D eigenvalue weighted by atomic mass is 10.0. The molecular formula is C23H31NO5. The van der Waals surface area contributed by atoms with Gasteiger partial charge in [0.25, 0.3) is 0 Å². The fourth-order valence-corrected chi connectivity index (χ4v) is 2.88. The summed E-state index contributed by atoms with van der Waals surface area (Å²) in [6.45, 7) is 8.07. The van der Waals surface area contributed by atoms with Gasteiger partial charge < -0.3 is 25.0 Å². The summed E-state index contributed by atoms with van der Waals surface area (Å²) in [6.07, 6.45) is 0.130. The van der Waals surface area contributed by atoms with Gasteiger partial charge >= 0.3 is 5.97 Å². The molecule has 0 aliphatic carbocycles. The van der Waals surface area contributed by atoms with Crippen molar-refractivity contribution in [1.82, 2.24) is 5.32 Å². The summed E-state index contributed by atoms with van der Waals surface area (Å²) >= 11 is 0. The third kappa shape index (κ3) is 6.76. The third-order valence-electron chi connectivity index (χ3n) is 4.65. The van der Waals surface area contributed by atoms with Gasteiger partial charge in [-0.2, -0.15) is 0 Å². The van der Waals surface area contributed by atoms with Crippen LogP contribution in [0.15, 0.2) is 48.5 Å². The molecule has 0 spiro atoms. The molecule has 2 aromatic rings. The Hall–Kier alpha value is -2.57. The summed E-state index contributed by atoms with van der Waals surface area (Å²) in [4.78, 5) is 11.9. The van der Waals surface area contributed by atoms with Crippen LogP contribution in [-0.4, -0.2) is 41.0 Å². The first-order valence-electron chi connectivity index (χ1n) is 9.88. The fourth-order valence-electron chi connectivity index (χ4n) is 2.88. The van der Waals surface area contributed by atoms with Gasteiger partial charge in [-0.3, -0.25) is 0 Å². The van der Waals surface area contributed by atoms with E-state index in [-0.39, 0.29) is 11.8 Å². The molecule has 2 aromatic carbocycles. The number of aliphatic hydroxyl groups excluding tert-OH is 1. The number of aromatic hydroxyl groups is 1. The number of ether oxygens (including phenoxy) is 2. The first-order valence-corrected chi connectivity index (χ1v) is 9.88. The zero-order chi connectivity index (χ0) is 21.4. The van der Waals surface area contributed by atoms with Crippen molar-refractivity contribution < 1.29 is 24.5 Å². The van der Waals surface area contributed by atoms with Crippen LogP contribution < -0.4 is 10.1 Å². The Balaban J connectivity index is 1.82. The van der Waals surface area contributed by atoms with Gasteiger partial charge in [0.2, 0.25) is 0 Å². The van der Waals surface area contributed by atoms with Crippen molar-refractivity contribution in [3.63, 3.8) is 0 Å². The number of hydrogen-bond donors (Lipinski definition) is 3. The SMILES string of the molecule is CCOC(=O)C(C)(C)Oc1ccc(CCN[C@@H](C)[C@H](O)c2ccc(O)cc2)cc1. The minimum Gasteiger partial charge on any atom is -0.508 e. The topological polar surface area (TPSA) is 88.0 Å². The van der Waals surface area contributed by atoms with Crippen LogP contribution in [0, 0.1) is 0 Å². The number of carbonyl (C=O) groups is 1. The quantitative estimate of drug-likeness (QED) is 0.529. The second kappa shape index (κ2) is 10.3. The Bertz CT molecular complexity index is 771. The second-order valence-corrected chi connectivity index (χ2v) is 7.51. The first-order chi connectivity index (χ1) is 13.7. The van der Waals surface area contributed by atoms with E-state index < -0.39 is 17.7 Å². The van der Waals surface area contributed by atoms with Gasteiger partial charge in [-0.25, -0.2) is 4.79 Å². The number of phenols is 1. The molecular weight excluding hydrogens is 370 g/mol. The molecule has 0 saturated heterocycles. The molecule has 2 rings (SSSR count). The highest BCUT2D eigenvalue weighted by molar-refractivity contribution is 5.79. The van der Waals surface area contributed by atoms with E-state index in [1.54, 1.807) is 45.0 Å². The van der Waals surface area contributed by atoms with Crippen molar-refractivity contribution in [2.45, 2.75) is 51.9 Å². The lowest BCUT2D eigenvalue weighted by Crippen LogP contribution is -2.39. The van der Waals surface area contributed by atoms with Crippen molar-refractivity contribution in [2.75, 3.05) is 13.2 Å². The van der Waals surface area contributed by atoms with E-state index >= 15 is 0 Å². The number of esters is 1. The minimum atomic E-state index is -1.04. The second-order valence-electron chi connectivity index (χ2n) is 7.51. The van der Waals surface area contributed by atoms with Crippen LogP contribution in [-0.2, 0) is 16.0 Å². The molecule has 0 amide bonds. The van der Waals surface area contributed by atoms with Gasteiger partial charge in [0.15, 0.2) is 5.60 Å². The standard InChI is InChI=1S/C23H31NO5/c1-5-28-22(27)23(3,4)29-20-12-6-17(7-13-20)14-15-24-16(2)21(26)18-8-10-19(25)11-9-18/h6-13,16,21,24-26H,5,14-15H2,1-4H3/t16-,21-/m0/s1. The predicted octanol–water partition coefficient (Wildman–Crippen LogP) is 3.37. The zero-order valence-electron chi connectivity index (χ0n) is 17.5. The third-order valence-corrected chi connectivity index (χ3v) is 4.65. The molecule has 0 aliphatic rings. The highest BCUT2D eigenvalue weighted by Gasteiger charge is 2.31. The Morgan fingerprint density at radius 1 is 1.10 bits per heavy atom. The number of phenolic OH excluding ortho intramolecular Hbond substituents is 1. The van der Waals surface area contributed by atoms with Gasteiger partial charge in [0.1, 0.15) is 11.5 Å². The molecule has 6 heteroatoms. The van der Waals surface area contributed by atoms with Gasteiger partial charge in [0.05, 0.1) is 12.7 Å². The molecule has 158 valence electrons. The minimum absolute atomic E-state index is 0.132. The summed E-state index contributed by atoms with van der Waals surface area (Å²) in [7, 11) is 0. The number of hydrogen-bond acceptors (Lipinski definition) is 6. The Morgan fingerprint density at radius 2 is 1.72 bits per heavy atom. The molecule has 0 aromatic heterocycles. The summed E-state index contributed by atoms with van der Waals surface area (Å²) in [5.41, 5.74) is 0.831. The molecule has 0 heterocycles. The van der Waals surface area contributed by atoms with Crippen LogP contribution in [0.3, 0.4) is 0 Å². The normalized spacial score (nSPS) is 13.6. The largest absolute Gasteiger partial charge is 0.508 e. The van der Waals surface area contributed by atoms with Crippen molar-refractivity contribution >= 4 is 5.97 Å². The summed E-state index contributed by atoms with van der Waals surface area (Å²) < 4.78 is 10.8. The monoisotopic (exact) mass is 401 g/mol.